The highest BCUT2D eigenvalue weighted by Gasteiger charge is 2.25. The van der Waals surface area contributed by atoms with Gasteiger partial charge < -0.3 is 0 Å². The van der Waals surface area contributed by atoms with E-state index in [2.05, 4.69) is 67.2 Å². The van der Waals surface area contributed by atoms with Crippen LogP contribution in [0.3, 0.4) is 0 Å². The smallest absolute Gasteiger partial charge is 0.207 e. The van der Waals surface area contributed by atoms with Crippen LogP contribution in [0.1, 0.15) is 50.5 Å². The van der Waals surface area contributed by atoms with Crippen LogP contribution in [0.2, 0.25) is 0 Å². The summed E-state index contributed by atoms with van der Waals surface area (Å²) in [4.78, 5) is 0. The molecule has 1 heterocycles. The average molecular weight is 412 g/mol. The summed E-state index contributed by atoms with van der Waals surface area (Å²) in [5.41, 5.74) is 6.87. The monoisotopic (exact) mass is 411 g/mol. The van der Waals surface area contributed by atoms with Crippen LogP contribution in [0.15, 0.2) is 72.9 Å². The van der Waals surface area contributed by atoms with Gasteiger partial charge in [-0.25, -0.2) is 8.96 Å². The highest BCUT2D eigenvalue weighted by atomic mass is 19.1. The van der Waals surface area contributed by atoms with Crippen LogP contribution in [0.5, 0.6) is 0 Å². The highest BCUT2D eigenvalue weighted by Crippen LogP contribution is 2.39. The zero-order valence-corrected chi connectivity index (χ0v) is 18.3. The number of nitrogens with zero attached hydrogens (tertiary/aromatic N) is 1. The molecule has 4 aromatic rings. The van der Waals surface area contributed by atoms with Gasteiger partial charge in [0.1, 0.15) is 12.9 Å². The maximum absolute atomic E-state index is 13.7. The first kappa shape index (κ1) is 18.7. The fraction of sp³-hybridized carbons (Fsp3) is 0.276. The zero-order valence-electron chi connectivity index (χ0n) is 19.3. The Labute approximate surface area is 185 Å². The van der Waals surface area contributed by atoms with Crippen molar-refractivity contribution in [1.82, 2.24) is 0 Å². The van der Waals surface area contributed by atoms with E-state index in [9.17, 15) is 5.76 Å². The lowest BCUT2D eigenvalue weighted by Gasteiger charge is -2.24. The van der Waals surface area contributed by atoms with Crippen LogP contribution in [0.25, 0.3) is 33.2 Å². The molecule has 3 aromatic carbocycles. The van der Waals surface area contributed by atoms with Crippen molar-refractivity contribution in [2.45, 2.75) is 44.9 Å². The zero-order chi connectivity index (χ0) is 22.3. The number of fused-ring (bicyclic) bond motifs is 1. The summed E-state index contributed by atoms with van der Waals surface area (Å²) in [6.45, 7) is 2.14. The number of pyridine rings is 1. The van der Waals surface area contributed by atoms with Crippen molar-refractivity contribution >= 4 is 10.8 Å². The van der Waals surface area contributed by atoms with E-state index in [0.717, 1.165) is 58.8 Å². The lowest BCUT2D eigenvalue weighted by atomic mass is 9.81. The van der Waals surface area contributed by atoms with Crippen LogP contribution in [-0.4, -0.2) is 0 Å². The van der Waals surface area contributed by atoms with E-state index in [0.29, 0.717) is 0 Å². The van der Waals surface area contributed by atoms with E-state index in [-0.39, 0.29) is 5.82 Å². The molecule has 1 aliphatic carbocycles. The fourth-order valence-corrected chi connectivity index (χ4v) is 4.93. The van der Waals surface area contributed by atoms with Gasteiger partial charge in [0.2, 0.25) is 5.69 Å². The molecule has 0 amide bonds. The fourth-order valence-electron chi connectivity index (χ4n) is 4.93. The highest BCUT2D eigenvalue weighted by molar-refractivity contribution is 5.88. The molecule has 0 bridgehead atoms. The van der Waals surface area contributed by atoms with Crippen molar-refractivity contribution in [3.05, 3.63) is 89.9 Å². The van der Waals surface area contributed by atoms with Gasteiger partial charge >= 0.3 is 0 Å². The van der Waals surface area contributed by atoms with Gasteiger partial charge in [-0.15, -0.1) is 0 Å². The first-order chi connectivity index (χ1) is 15.4. The molecule has 0 spiro atoms. The van der Waals surface area contributed by atoms with E-state index in [4.69, 9.17) is 0 Å². The van der Waals surface area contributed by atoms with E-state index in [1.807, 2.05) is 12.1 Å². The molecule has 0 unspecified atom stereocenters. The quantitative estimate of drug-likeness (QED) is 0.307. The molecule has 0 radical (unpaired) electrons. The second kappa shape index (κ2) is 8.26. The molecular formula is C29H29FN+. The molecule has 1 nitrogen and oxygen atoms in total. The van der Waals surface area contributed by atoms with Gasteiger partial charge in [-0.05, 0) is 77.4 Å². The first-order valence-electron chi connectivity index (χ1n) is 11.7. The maximum atomic E-state index is 13.7. The third-order valence-corrected chi connectivity index (χ3v) is 6.65. The molecule has 2 heteroatoms. The second-order valence-electron chi connectivity index (χ2n) is 8.78. The molecular weight excluding hydrogens is 381 g/mol. The van der Waals surface area contributed by atoms with Crippen LogP contribution < -0.4 is 4.57 Å². The third-order valence-electron chi connectivity index (χ3n) is 6.65. The molecule has 1 aromatic heterocycles. The van der Waals surface area contributed by atoms with E-state index >= 15 is 0 Å². The molecule has 1 saturated carbocycles. The number of benzene rings is 3. The van der Waals surface area contributed by atoms with Gasteiger partial charge in [0.05, 0.1) is 0 Å². The maximum Gasteiger partial charge on any atom is 0.213 e. The number of aromatic nitrogens is 1. The predicted molar refractivity (Wildman–Crippen MR) is 127 cm³/mol. The number of hydrogen-bond acceptors (Lipinski definition) is 0. The summed E-state index contributed by atoms with van der Waals surface area (Å²) >= 11 is 0. The molecule has 1 aliphatic rings. The average Bonchev–Trinajstić information content (AvgIpc) is 2.80. The molecule has 0 atom stereocenters. The second-order valence-corrected chi connectivity index (χ2v) is 8.78. The standard InChI is InChI=1S/C29H29FN/c1-20-8-6-7-11-26(20)29-18-27(28(19-31(29)2)21-9-4-3-5-10-21)24-13-12-23-17-25(30)15-14-22(23)16-24/h6-8,11-19,21H,3-5,9-10H2,1-2H3/q+1/i21D. The third kappa shape index (κ3) is 3.87. The summed E-state index contributed by atoms with van der Waals surface area (Å²) < 4.78 is 25.3. The van der Waals surface area contributed by atoms with E-state index < -0.39 is 5.89 Å². The minimum Gasteiger partial charge on any atom is -0.207 e. The molecule has 0 N–H and O–H groups in total. The Morgan fingerprint density at radius 3 is 2.42 bits per heavy atom. The van der Waals surface area contributed by atoms with Gasteiger partial charge in [-0.3, -0.25) is 0 Å². The predicted octanol–water partition coefficient (Wildman–Crippen LogP) is 7.49. The van der Waals surface area contributed by atoms with Crippen molar-refractivity contribution in [2.75, 3.05) is 0 Å². The Bertz CT molecular complexity index is 1300. The van der Waals surface area contributed by atoms with Gasteiger partial charge in [-0.2, -0.15) is 0 Å². The number of aryl methyl sites for hydroxylation is 2. The Balaban J connectivity index is 1.75. The van der Waals surface area contributed by atoms with E-state index in [1.165, 1.54) is 23.6 Å². The van der Waals surface area contributed by atoms with E-state index in [1.54, 1.807) is 6.07 Å². The summed E-state index contributed by atoms with van der Waals surface area (Å²) in [6, 6.07) is 21.9. The molecule has 5 rings (SSSR count). The van der Waals surface area contributed by atoms with Gasteiger partial charge in [0.15, 0.2) is 6.20 Å². The number of halogens is 1. The normalized spacial score (nSPS) is 16.3. The number of hydrogen-bond donors (Lipinski definition) is 0. The Morgan fingerprint density at radius 1 is 0.871 bits per heavy atom. The Kier molecular flexibility index (Phi) is 5.00. The van der Waals surface area contributed by atoms with Gasteiger partial charge in [-0.1, -0.05) is 55.7 Å². The van der Waals surface area contributed by atoms with Crippen LogP contribution in [-0.2, 0) is 7.05 Å². The van der Waals surface area contributed by atoms with Crippen molar-refractivity contribution in [3.8, 4) is 22.4 Å². The molecule has 156 valence electrons. The lowest BCUT2D eigenvalue weighted by Crippen LogP contribution is -2.32. The van der Waals surface area contributed by atoms with Crippen molar-refractivity contribution in [2.24, 2.45) is 7.05 Å². The summed E-state index contributed by atoms with van der Waals surface area (Å²) in [6.07, 6.45) is 7.38. The van der Waals surface area contributed by atoms with Crippen molar-refractivity contribution in [1.29, 1.82) is 0 Å². The largest absolute Gasteiger partial charge is 0.213 e. The SMILES string of the molecule is [2H]C1(c2c[n+](C)c(-c3ccccc3C)cc2-c2ccc3cc(F)ccc3c2)CCCCC1. The first-order valence-corrected chi connectivity index (χ1v) is 11.2. The molecule has 31 heavy (non-hydrogen) atoms. The van der Waals surface area contributed by atoms with Crippen molar-refractivity contribution < 1.29 is 10.3 Å². The minimum absolute atomic E-state index is 0.216. The van der Waals surface area contributed by atoms with Crippen LogP contribution in [0, 0.1) is 12.7 Å². The van der Waals surface area contributed by atoms with Crippen LogP contribution >= 0.6 is 0 Å². The molecule has 0 saturated heterocycles. The molecule has 0 aliphatic heterocycles. The molecule has 1 fully saturated rings. The summed E-state index contributed by atoms with van der Waals surface area (Å²) in [7, 11) is 2.09. The van der Waals surface area contributed by atoms with Gasteiger partial charge in [0.25, 0.3) is 0 Å². The minimum atomic E-state index is -0.576. The van der Waals surface area contributed by atoms with Crippen molar-refractivity contribution in [3.63, 3.8) is 0 Å². The topological polar surface area (TPSA) is 3.88 Å². The Morgan fingerprint density at radius 2 is 1.61 bits per heavy atom. The summed E-state index contributed by atoms with van der Waals surface area (Å²) in [5.74, 6) is -0.792. The summed E-state index contributed by atoms with van der Waals surface area (Å²) in [5, 5.41) is 1.91. The van der Waals surface area contributed by atoms with Crippen LogP contribution in [0.4, 0.5) is 4.39 Å². The van der Waals surface area contributed by atoms with Gasteiger partial charge in [0, 0.05) is 18.6 Å². The number of rotatable bonds is 3. The lowest BCUT2D eigenvalue weighted by molar-refractivity contribution is -0.660. The Hall–Kier alpha value is -3.00.